The van der Waals surface area contributed by atoms with Crippen molar-refractivity contribution >= 4 is 16.9 Å². The van der Waals surface area contributed by atoms with E-state index in [2.05, 4.69) is 0 Å². The van der Waals surface area contributed by atoms with Gasteiger partial charge in [0.05, 0.1) is 18.9 Å². The van der Waals surface area contributed by atoms with Crippen LogP contribution in [-0.4, -0.2) is 30.8 Å². The number of ether oxygens (including phenoxy) is 3. The maximum absolute atomic E-state index is 11.7. The van der Waals surface area contributed by atoms with Gasteiger partial charge in [0.2, 0.25) is 13.3 Å². The first kappa shape index (κ1) is 15.1. The average Bonchev–Trinajstić information content (AvgIpc) is 3.08. The summed E-state index contributed by atoms with van der Waals surface area (Å²) in [6.07, 6.45) is -0.110. The third kappa shape index (κ3) is 3.20. The number of rotatable bonds is 6. The largest absolute Gasteiger partial charge is 0.466 e. The van der Waals surface area contributed by atoms with Crippen LogP contribution in [0.4, 0.5) is 0 Å². The summed E-state index contributed by atoms with van der Waals surface area (Å²) in [7, 11) is 0. The number of hydrogen-bond donors (Lipinski definition) is 0. The summed E-state index contributed by atoms with van der Waals surface area (Å²) in [5, 5.41) is 11.6. The van der Waals surface area contributed by atoms with Gasteiger partial charge in [0, 0.05) is 16.4 Å². The van der Waals surface area contributed by atoms with Crippen LogP contribution in [0, 0.1) is 10.1 Å². The molecule has 0 bridgehead atoms. The molecule has 122 valence electrons. The molecule has 1 unspecified atom stereocenters. The predicted molar refractivity (Wildman–Crippen MR) is 78.2 cm³/mol. The molecule has 0 fully saturated rings. The Bertz CT molecular complexity index is 711. The van der Waals surface area contributed by atoms with Crippen LogP contribution in [0.25, 0.3) is 11.0 Å². The van der Waals surface area contributed by atoms with Crippen LogP contribution >= 0.6 is 0 Å². The highest BCUT2D eigenvalue weighted by molar-refractivity contribution is 5.82. The summed E-state index contributed by atoms with van der Waals surface area (Å²) in [6.45, 7) is 1.65. The number of nitro groups is 1. The predicted octanol–water partition coefficient (Wildman–Crippen LogP) is 2.48. The molecule has 1 aliphatic heterocycles. The maximum atomic E-state index is 11.7. The Morgan fingerprint density at radius 2 is 2.09 bits per heavy atom. The first-order valence-corrected chi connectivity index (χ1v) is 7.17. The molecule has 2 aromatic rings. The van der Waals surface area contributed by atoms with Crippen LogP contribution < -0.4 is 9.47 Å². The molecule has 8 nitrogen and oxygen atoms in total. The lowest BCUT2D eigenvalue weighted by atomic mass is 10.0. The monoisotopic (exact) mass is 321 g/mol. The van der Waals surface area contributed by atoms with E-state index in [1.165, 1.54) is 0 Å². The Hall–Kier alpha value is -2.77. The van der Waals surface area contributed by atoms with Gasteiger partial charge in [-0.3, -0.25) is 14.9 Å². The highest BCUT2D eigenvalue weighted by Crippen LogP contribution is 2.38. The number of benzene rings is 1. The lowest BCUT2D eigenvalue weighted by Gasteiger charge is -2.09. The van der Waals surface area contributed by atoms with Gasteiger partial charge in [0.25, 0.3) is 0 Å². The SMILES string of the molecule is CCOC(=O)CC(C[N+](=O)[O-])c1cc2cc3c(cc2o1)OCO3. The van der Waals surface area contributed by atoms with Gasteiger partial charge < -0.3 is 18.6 Å². The van der Waals surface area contributed by atoms with E-state index in [4.69, 9.17) is 18.6 Å². The molecule has 0 saturated carbocycles. The van der Waals surface area contributed by atoms with Crippen molar-refractivity contribution in [3.63, 3.8) is 0 Å². The van der Waals surface area contributed by atoms with E-state index < -0.39 is 23.4 Å². The fourth-order valence-corrected chi connectivity index (χ4v) is 2.51. The summed E-state index contributed by atoms with van der Waals surface area (Å²) in [4.78, 5) is 22.1. The number of hydrogen-bond acceptors (Lipinski definition) is 7. The van der Waals surface area contributed by atoms with Crippen LogP contribution in [0.1, 0.15) is 25.0 Å². The third-order valence-electron chi connectivity index (χ3n) is 3.52. The molecule has 0 amide bonds. The second-order valence-corrected chi connectivity index (χ2v) is 5.11. The third-order valence-corrected chi connectivity index (χ3v) is 3.52. The smallest absolute Gasteiger partial charge is 0.306 e. The average molecular weight is 321 g/mol. The Balaban J connectivity index is 1.90. The topological polar surface area (TPSA) is 101 Å². The molecule has 23 heavy (non-hydrogen) atoms. The van der Waals surface area contributed by atoms with E-state index in [-0.39, 0.29) is 19.8 Å². The van der Waals surface area contributed by atoms with Crippen molar-refractivity contribution in [2.24, 2.45) is 0 Å². The van der Waals surface area contributed by atoms with Gasteiger partial charge in [-0.1, -0.05) is 0 Å². The zero-order chi connectivity index (χ0) is 16.4. The number of carbonyl (C=O) groups excluding carboxylic acids is 1. The van der Waals surface area contributed by atoms with Crippen molar-refractivity contribution in [2.75, 3.05) is 19.9 Å². The fourth-order valence-electron chi connectivity index (χ4n) is 2.51. The lowest BCUT2D eigenvalue weighted by molar-refractivity contribution is -0.483. The molecule has 1 aliphatic rings. The minimum absolute atomic E-state index is 0.110. The van der Waals surface area contributed by atoms with Gasteiger partial charge in [-0.25, -0.2) is 0 Å². The summed E-state index contributed by atoms with van der Waals surface area (Å²) in [5.74, 6) is 0.353. The highest BCUT2D eigenvalue weighted by atomic mass is 16.7. The number of fused-ring (bicyclic) bond motifs is 2. The van der Waals surface area contributed by atoms with Crippen LogP contribution in [0.3, 0.4) is 0 Å². The maximum Gasteiger partial charge on any atom is 0.306 e. The summed E-state index contributed by atoms with van der Waals surface area (Å²) < 4.78 is 21.1. The molecule has 0 N–H and O–H groups in total. The van der Waals surface area contributed by atoms with Gasteiger partial charge in [-0.15, -0.1) is 0 Å². The van der Waals surface area contributed by atoms with E-state index in [9.17, 15) is 14.9 Å². The van der Waals surface area contributed by atoms with Crippen molar-refractivity contribution in [2.45, 2.75) is 19.3 Å². The van der Waals surface area contributed by atoms with Crippen molar-refractivity contribution in [1.29, 1.82) is 0 Å². The Morgan fingerprint density at radius 3 is 2.78 bits per heavy atom. The fraction of sp³-hybridized carbons (Fsp3) is 0.400. The quantitative estimate of drug-likeness (QED) is 0.457. The Kier molecular flexibility index (Phi) is 4.05. The molecular weight excluding hydrogens is 306 g/mol. The van der Waals surface area contributed by atoms with Gasteiger partial charge in [0.1, 0.15) is 11.3 Å². The molecule has 2 heterocycles. The molecule has 1 aromatic heterocycles. The molecule has 3 rings (SSSR count). The zero-order valence-corrected chi connectivity index (χ0v) is 12.4. The van der Waals surface area contributed by atoms with E-state index in [0.29, 0.717) is 22.8 Å². The van der Waals surface area contributed by atoms with Crippen molar-refractivity contribution in [3.05, 3.63) is 34.1 Å². The van der Waals surface area contributed by atoms with Gasteiger partial charge in [-0.2, -0.15) is 0 Å². The summed E-state index contributed by atoms with van der Waals surface area (Å²) in [5.41, 5.74) is 0.529. The molecule has 1 aromatic carbocycles. The minimum atomic E-state index is -0.687. The second kappa shape index (κ2) is 6.15. The number of esters is 1. The molecule has 0 radical (unpaired) electrons. The van der Waals surface area contributed by atoms with Crippen LogP contribution in [-0.2, 0) is 9.53 Å². The second-order valence-electron chi connectivity index (χ2n) is 5.11. The van der Waals surface area contributed by atoms with Gasteiger partial charge >= 0.3 is 5.97 Å². The van der Waals surface area contributed by atoms with E-state index in [0.717, 1.165) is 5.39 Å². The first-order valence-electron chi connectivity index (χ1n) is 7.17. The van der Waals surface area contributed by atoms with Gasteiger partial charge in [0.15, 0.2) is 11.5 Å². The van der Waals surface area contributed by atoms with E-state index in [1.807, 2.05) is 0 Å². The van der Waals surface area contributed by atoms with Crippen LogP contribution in [0.2, 0.25) is 0 Å². The number of carbonyl (C=O) groups is 1. The normalized spacial score (nSPS) is 14.0. The number of nitrogens with zero attached hydrogens (tertiary/aromatic N) is 1. The molecule has 0 saturated heterocycles. The van der Waals surface area contributed by atoms with Crippen LogP contribution in [0.15, 0.2) is 22.6 Å². The highest BCUT2D eigenvalue weighted by Gasteiger charge is 2.26. The standard InChI is InChI=1S/C15H15NO7/c1-2-20-15(17)5-10(7-16(18)19)11-3-9-4-13-14(22-8-21-13)6-12(9)23-11/h3-4,6,10H,2,5,7-8H2,1H3. The molecule has 1 atom stereocenters. The zero-order valence-electron chi connectivity index (χ0n) is 12.4. The molecule has 8 heteroatoms. The van der Waals surface area contributed by atoms with E-state index in [1.54, 1.807) is 25.1 Å². The minimum Gasteiger partial charge on any atom is -0.466 e. The summed E-state index contributed by atoms with van der Waals surface area (Å²) in [6, 6.07) is 5.11. The first-order chi connectivity index (χ1) is 11.1. The molecular formula is C15H15NO7. The van der Waals surface area contributed by atoms with Crippen molar-refractivity contribution < 1.29 is 28.3 Å². The van der Waals surface area contributed by atoms with E-state index >= 15 is 0 Å². The van der Waals surface area contributed by atoms with Gasteiger partial charge in [-0.05, 0) is 19.1 Å². The molecule has 0 spiro atoms. The molecule has 0 aliphatic carbocycles. The van der Waals surface area contributed by atoms with Crippen molar-refractivity contribution in [1.82, 2.24) is 0 Å². The lowest BCUT2D eigenvalue weighted by Crippen LogP contribution is -2.17. The Labute approximate surface area is 131 Å². The summed E-state index contributed by atoms with van der Waals surface area (Å²) >= 11 is 0. The van der Waals surface area contributed by atoms with Crippen LogP contribution in [0.5, 0.6) is 11.5 Å². The number of furan rings is 1. The Morgan fingerprint density at radius 1 is 1.35 bits per heavy atom. The van der Waals surface area contributed by atoms with Crippen molar-refractivity contribution in [3.8, 4) is 11.5 Å².